The van der Waals surface area contributed by atoms with Crippen LogP contribution in [0.2, 0.25) is 0 Å². The Labute approximate surface area is 247 Å². The number of thiol groups is 1. The van der Waals surface area contributed by atoms with Crippen molar-refractivity contribution in [3.63, 3.8) is 0 Å². The van der Waals surface area contributed by atoms with Crippen LogP contribution in [-0.4, -0.2) is 52.0 Å². The van der Waals surface area contributed by atoms with Gasteiger partial charge >= 0.3 is 0 Å². The smallest absolute Gasteiger partial charge is 0.185 e. The fourth-order valence-electron chi connectivity index (χ4n) is 4.30. The summed E-state index contributed by atoms with van der Waals surface area (Å²) in [5, 5.41) is 39.3. The molecule has 40 heavy (non-hydrogen) atoms. The molecule has 5 nitrogen and oxygen atoms in total. The molecule has 224 valence electrons. The van der Waals surface area contributed by atoms with Gasteiger partial charge in [0.15, 0.2) is 5.12 Å². The van der Waals surface area contributed by atoms with Crippen LogP contribution in [-0.2, 0) is 4.79 Å². The van der Waals surface area contributed by atoms with Gasteiger partial charge in [0.1, 0.15) is 0 Å². The Morgan fingerprint density at radius 1 is 0.575 bits per heavy atom. The molecule has 0 aliphatic carbocycles. The quantitative estimate of drug-likeness (QED) is 0.0657. The van der Waals surface area contributed by atoms with E-state index in [0.717, 1.165) is 6.42 Å². The molecule has 0 saturated carbocycles. The van der Waals surface area contributed by atoms with Crippen LogP contribution >= 0.6 is 12.6 Å². The maximum atomic E-state index is 10.6. The highest BCUT2D eigenvalue weighted by molar-refractivity contribution is 7.96. The van der Waals surface area contributed by atoms with Crippen LogP contribution in [0.4, 0.5) is 0 Å². The standard InChI is InChI=1S/C15H30OS.C14H10.C5H12O4/c1-2-3-4-5-6-7-8-9-10-11-12-13-14-15(16)17;1-2-6-12-10-14-8-4-3-7-13(14)9-11(12)5-1;6-1-5(2-7,3-8)4-9/h2-14H2,1H3,(H,16,17);1-10H;6-9H,1-4H2. The SMILES string of the molecule is CCCCCCCCCCCCCCC(=O)S.OCC(CO)(CO)CO.c1ccc2cc3ccccc3cc2c1. The molecule has 0 radical (unpaired) electrons. The van der Waals surface area contributed by atoms with Crippen LogP contribution in [0.3, 0.4) is 0 Å². The number of carbonyl (C=O) groups excluding carboxylic acids is 1. The second kappa shape index (κ2) is 22.7. The molecule has 0 spiro atoms. The Morgan fingerprint density at radius 2 is 0.875 bits per heavy atom. The first-order chi connectivity index (χ1) is 19.4. The van der Waals surface area contributed by atoms with Gasteiger partial charge in [0.05, 0.1) is 31.8 Å². The summed E-state index contributed by atoms with van der Waals surface area (Å²) in [4.78, 5) is 10.6. The first-order valence-corrected chi connectivity index (χ1v) is 15.4. The molecule has 0 aliphatic heterocycles. The molecule has 0 amide bonds. The van der Waals surface area contributed by atoms with E-state index in [4.69, 9.17) is 20.4 Å². The number of unbranched alkanes of at least 4 members (excludes halogenated alkanes) is 11. The van der Waals surface area contributed by atoms with Crippen molar-refractivity contribution in [3.05, 3.63) is 60.7 Å². The monoisotopic (exact) mass is 572 g/mol. The van der Waals surface area contributed by atoms with Crippen molar-refractivity contribution >= 4 is 39.3 Å². The fraction of sp³-hybridized carbons (Fsp3) is 0.559. The molecule has 0 atom stereocenters. The van der Waals surface area contributed by atoms with E-state index >= 15 is 0 Å². The van der Waals surface area contributed by atoms with Crippen LogP contribution in [0.15, 0.2) is 60.7 Å². The minimum atomic E-state index is -1.11. The third-order valence-corrected chi connectivity index (χ3v) is 7.42. The van der Waals surface area contributed by atoms with Crippen LogP contribution in [0, 0.1) is 5.41 Å². The largest absolute Gasteiger partial charge is 0.396 e. The molecule has 3 aromatic carbocycles. The number of aliphatic hydroxyl groups is 4. The lowest BCUT2D eigenvalue weighted by molar-refractivity contribution is -0.110. The van der Waals surface area contributed by atoms with Gasteiger partial charge in [-0.3, -0.25) is 4.79 Å². The number of rotatable bonds is 17. The van der Waals surface area contributed by atoms with Gasteiger partial charge in [0, 0.05) is 6.42 Å². The van der Waals surface area contributed by atoms with Gasteiger partial charge in [-0.25, -0.2) is 0 Å². The number of carbonyl (C=O) groups is 1. The van der Waals surface area contributed by atoms with Crippen LogP contribution in [0.25, 0.3) is 21.5 Å². The van der Waals surface area contributed by atoms with Crippen molar-refractivity contribution in [2.75, 3.05) is 26.4 Å². The van der Waals surface area contributed by atoms with Gasteiger partial charge in [-0.1, -0.05) is 126 Å². The molecular formula is C34H52O5S. The third-order valence-electron chi connectivity index (χ3n) is 7.20. The number of aliphatic hydroxyl groups excluding tert-OH is 4. The van der Waals surface area contributed by atoms with Gasteiger partial charge in [-0.05, 0) is 40.1 Å². The second-order valence-electron chi connectivity index (χ2n) is 10.7. The van der Waals surface area contributed by atoms with Gasteiger partial charge in [0.25, 0.3) is 0 Å². The molecule has 3 aromatic rings. The molecule has 0 fully saturated rings. The maximum Gasteiger partial charge on any atom is 0.185 e. The molecule has 0 aromatic heterocycles. The number of hydrogen-bond donors (Lipinski definition) is 5. The summed E-state index contributed by atoms with van der Waals surface area (Å²) in [6.45, 7) is 0.640. The Kier molecular flexibility index (Phi) is 20.5. The van der Waals surface area contributed by atoms with E-state index in [0.29, 0.717) is 6.42 Å². The Bertz CT molecular complexity index is 928. The minimum absolute atomic E-state index is 0.0390. The average Bonchev–Trinajstić information content (AvgIpc) is 2.98. The van der Waals surface area contributed by atoms with E-state index in [1.165, 1.54) is 92.2 Å². The molecule has 0 unspecified atom stereocenters. The van der Waals surface area contributed by atoms with Crippen LogP contribution in [0.5, 0.6) is 0 Å². The highest BCUT2D eigenvalue weighted by Crippen LogP contribution is 2.22. The molecule has 6 heteroatoms. The molecule has 0 aliphatic rings. The van der Waals surface area contributed by atoms with Crippen LogP contribution in [0.1, 0.15) is 90.4 Å². The van der Waals surface area contributed by atoms with Crippen molar-refractivity contribution in [1.29, 1.82) is 0 Å². The van der Waals surface area contributed by atoms with Crippen molar-refractivity contribution in [3.8, 4) is 0 Å². The summed E-state index contributed by atoms with van der Waals surface area (Å²) in [5.41, 5.74) is -1.11. The van der Waals surface area contributed by atoms with E-state index in [2.05, 4.69) is 80.2 Å². The second-order valence-corrected chi connectivity index (χ2v) is 11.2. The molecular weight excluding hydrogens is 520 g/mol. The summed E-state index contributed by atoms with van der Waals surface area (Å²) in [6.07, 6.45) is 16.7. The lowest BCUT2D eigenvalue weighted by Gasteiger charge is -2.23. The zero-order valence-corrected chi connectivity index (χ0v) is 25.3. The normalized spacial score (nSPS) is 11.1. The lowest BCUT2D eigenvalue weighted by atomic mass is 9.93. The Morgan fingerprint density at radius 3 is 1.12 bits per heavy atom. The first kappa shape index (κ1) is 36.1. The zero-order chi connectivity index (χ0) is 29.5. The first-order valence-electron chi connectivity index (χ1n) is 15.0. The van der Waals surface area contributed by atoms with E-state index < -0.39 is 31.8 Å². The summed E-state index contributed by atoms with van der Waals surface area (Å²) >= 11 is 3.77. The van der Waals surface area contributed by atoms with Crippen LogP contribution < -0.4 is 0 Å². The summed E-state index contributed by atoms with van der Waals surface area (Å²) in [6, 6.07) is 21.4. The topological polar surface area (TPSA) is 98.0 Å². The lowest BCUT2D eigenvalue weighted by Crippen LogP contribution is -2.37. The van der Waals surface area contributed by atoms with Crippen molar-refractivity contribution in [1.82, 2.24) is 0 Å². The summed E-state index contributed by atoms with van der Waals surface area (Å²) in [5.74, 6) is 0. The fourth-order valence-corrected chi connectivity index (χ4v) is 4.46. The molecule has 0 bridgehead atoms. The third kappa shape index (κ3) is 15.2. The van der Waals surface area contributed by atoms with E-state index in [1.54, 1.807) is 0 Å². The molecule has 3 rings (SSSR count). The van der Waals surface area contributed by atoms with Gasteiger partial charge in [-0.15, -0.1) is 12.6 Å². The van der Waals surface area contributed by atoms with E-state index in [1.807, 2.05) is 0 Å². The number of hydrogen-bond acceptors (Lipinski definition) is 5. The van der Waals surface area contributed by atoms with Crippen molar-refractivity contribution < 1.29 is 25.2 Å². The average molecular weight is 573 g/mol. The zero-order valence-electron chi connectivity index (χ0n) is 24.4. The number of fused-ring (bicyclic) bond motifs is 2. The highest BCUT2D eigenvalue weighted by atomic mass is 32.1. The minimum Gasteiger partial charge on any atom is -0.396 e. The molecule has 0 heterocycles. The maximum absolute atomic E-state index is 10.6. The van der Waals surface area contributed by atoms with Crippen molar-refractivity contribution in [2.45, 2.75) is 90.4 Å². The van der Waals surface area contributed by atoms with Gasteiger partial charge in [-0.2, -0.15) is 0 Å². The highest BCUT2D eigenvalue weighted by Gasteiger charge is 2.26. The summed E-state index contributed by atoms with van der Waals surface area (Å²) in [7, 11) is 0. The predicted octanol–water partition coefficient (Wildman–Crippen LogP) is 7.47. The van der Waals surface area contributed by atoms with E-state index in [-0.39, 0.29) is 5.12 Å². The molecule has 4 N–H and O–H groups in total. The van der Waals surface area contributed by atoms with E-state index in [9.17, 15) is 4.79 Å². The van der Waals surface area contributed by atoms with Crippen molar-refractivity contribution in [2.24, 2.45) is 5.41 Å². The molecule has 0 saturated heterocycles. The Balaban J connectivity index is 0.000000314. The predicted molar refractivity (Wildman–Crippen MR) is 172 cm³/mol. The van der Waals surface area contributed by atoms with Gasteiger partial charge in [0.2, 0.25) is 0 Å². The summed E-state index contributed by atoms with van der Waals surface area (Å²) < 4.78 is 0. The number of benzene rings is 3. The van der Waals surface area contributed by atoms with Gasteiger partial charge < -0.3 is 20.4 Å². The Hall–Kier alpha value is -1.96.